The minimum Gasteiger partial charge on any atom is -0.478 e. The first-order chi connectivity index (χ1) is 7.68. The van der Waals surface area contributed by atoms with Crippen molar-refractivity contribution in [3.8, 4) is 0 Å². The average Bonchev–Trinajstić information content (AvgIpc) is 2.30. The summed E-state index contributed by atoms with van der Waals surface area (Å²) in [5, 5.41) is 9.13. The van der Waals surface area contributed by atoms with Gasteiger partial charge in [-0.1, -0.05) is 19.3 Å². The molecule has 0 spiro atoms. The molecule has 2 rings (SSSR count). The Morgan fingerprint density at radius 2 is 2.06 bits per heavy atom. The summed E-state index contributed by atoms with van der Waals surface area (Å²) in [5.74, 6) is -0.638. The van der Waals surface area contributed by atoms with Crippen LogP contribution in [0.3, 0.4) is 0 Å². The molecule has 0 saturated heterocycles. The Morgan fingerprint density at radius 1 is 1.38 bits per heavy atom. The van der Waals surface area contributed by atoms with E-state index in [1.54, 1.807) is 6.20 Å². The lowest BCUT2D eigenvalue weighted by Crippen LogP contribution is -2.13. The minimum absolute atomic E-state index is 0.270. The van der Waals surface area contributed by atoms with Gasteiger partial charge in [0.15, 0.2) is 0 Å². The van der Waals surface area contributed by atoms with E-state index in [1.807, 2.05) is 0 Å². The van der Waals surface area contributed by atoms with Crippen LogP contribution in [0.5, 0.6) is 0 Å². The Balaban J connectivity index is 2.34. The van der Waals surface area contributed by atoms with Gasteiger partial charge in [0.25, 0.3) is 0 Å². The summed E-state index contributed by atoms with van der Waals surface area (Å²) in [6.45, 7) is 0. The van der Waals surface area contributed by atoms with Crippen molar-refractivity contribution in [2.75, 3.05) is 5.73 Å². The normalized spacial score (nSPS) is 17.2. The number of carboxylic acid groups (broad SMARTS) is 1. The molecule has 1 aromatic heterocycles. The Labute approximate surface area is 94.5 Å². The predicted octanol–water partition coefficient (Wildman–Crippen LogP) is 2.41. The molecule has 0 bridgehead atoms. The first kappa shape index (κ1) is 10.9. The lowest BCUT2D eigenvalue weighted by molar-refractivity contribution is 0.0694. The van der Waals surface area contributed by atoms with Gasteiger partial charge in [-0.25, -0.2) is 4.79 Å². The third-order valence-corrected chi connectivity index (χ3v) is 3.16. The molecule has 4 heteroatoms. The summed E-state index contributed by atoms with van der Waals surface area (Å²) in [4.78, 5) is 15.3. The lowest BCUT2D eigenvalue weighted by atomic mass is 9.85. The molecule has 16 heavy (non-hydrogen) atoms. The second kappa shape index (κ2) is 4.51. The van der Waals surface area contributed by atoms with Crippen LogP contribution in [0.1, 0.15) is 54.1 Å². The molecule has 1 aliphatic carbocycles. The molecule has 0 unspecified atom stereocenters. The molecule has 0 amide bonds. The van der Waals surface area contributed by atoms with E-state index in [1.165, 1.54) is 12.5 Å². The van der Waals surface area contributed by atoms with E-state index in [9.17, 15) is 4.79 Å². The molecule has 3 N–H and O–H groups in total. The van der Waals surface area contributed by atoms with E-state index in [0.29, 0.717) is 17.3 Å². The number of anilines is 1. The van der Waals surface area contributed by atoms with E-state index in [2.05, 4.69) is 4.98 Å². The third-order valence-electron chi connectivity index (χ3n) is 3.16. The monoisotopic (exact) mass is 220 g/mol. The highest BCUT2D eigenvalue weighted by Gasteiger charge is 2.22. The number of carboxylic acids is 1. The van der Waals surface area contributed by atoms with Gasteiger partial charge in [-0.3, -0.25) is 4.98 Å². The van der Waals surface area contributed by atoms with E-state index in [4.69, 9.17) is 10.8 Å². The molecule has 1 aromatic rings. The number of pyridine rings is 1. The van der Waals surface area contributed by atoms with E-state index < -0.39 is 5.97 Å². The van der Waals surface area contributed by atoms with Gasteiger partial charge in [-0.2, -0.15) is 0 Å². The van der Waals surface area contributed by atoms with Gasteiger partial charge in [0.05, 0.1) is 23.1 Å². The van der Waals surface area contributed by atoms with Crippen LogP contribution < -0.4 is 5.73 Å². The van der Waals surface area contributed by atoms with E-state index >= 15 is 0 Å². The average molecular weight is 220 g/mol. The second-order valence-corrected chi connectivity index (χ2v) is 4.34. The van der Waals surface area contributed by atoms with Crippen molar-refractivity contribution >= 4 is 11.7 Å². The fourth-order valence-electron chi connectivity index (χ4n) is 2.36. The number of carbonyl (C=O) groups is 1. The summed E-state index contributed by atoms with van der Waals surface area (Å²) >= 11 is 0. The fraction of sp³-hybridized carbons (Fsp3) is 0.500. The first-order valence-corrected chi connectivity index (χ1v) is 5.67. The quantitative estimate of drug-likeness (QED) is 0.802. The highest BCUT2D eigenvalue weighted by molar-refractivity contribution is 5.90. The number of aromatic nitrogens is 1. The topological polar surface area (TPSA) is 76.2 Å². The highest BCUT2D eigenvalue weighted by Crippen LogP contribution is 2.33. The van der Waals surface area contributed by atoms with Crippen LogP contribution in [-0.2, 0) is 0 Å². The van der Waals surface area contributed by atoms with Crippen molar-refractivity contribution in [1.29, 1.82) is 0 Å². The molecule has 0 aromatic carbocycles. The van der Waals surface area contributed by atoms with Crippen LogP contribution in [-0.4, -0.2) is 16.1 Å². The van der Waals surface area contributed by atoms with Crippen LogP contribution in [0, 0.1) is 0 Å². The molecule has 0 aliphatic heterocycles. The molecule has 86 valence electrons. The van der Waals surface area contributed by atoms with Crippen LogP contribution in [0.25, 0.3) is 0 Å². The van der Waals surface area contributed by atoms with E-state index in [0.717, 1.165) is 25.7 Å². The lowest BCUT2D eigenvalue weighted by Gasteiger charge is -2.22. The van der Waals surface area contributed by atoms with Gasteiger partial charge in [-0.05, 0) is 18.9 Å². The number of hydrogen-bond donors (Lipinski definition) is 2. The smallest absolute Gasteiger partial charge is 0.337 e. The summed E-state index contributed by atoms with van der Waals surface area (Å²) in [7, 11) is 0. The number of hydrogen-bond acceptors (Lipinski definition) is 3. The maximum atomic E-state index is 11.1. The third kappa shape index (κ3) is 2.15. The maximum Gasteiger partial charge on any atom is 0.337 e. The van der Waals surface area contributed by atoms with Crippen molar-refractivity contribution < 1.29 is 9.90 Å². The number of aromatic carboxylic acids is 1. The number of nitrogens with zero attached hydrogens (tertiary/aromatic N) is 1. The molecule has 4 nitrogen and oxygen atoms in total. The van der Waals surface area contributed by atoms with Gasteiger partial charge >= 0.3 is 5.97 Å². The zero-order chi connectivity index (χ0) is 11.5. The number of rotatable bonds is 2. The second-order valence-electron chi connectivity index (χ2n) is 4.34. The van der Waals surface area contributed by atoms with Crippen LogP contribution in [0.2, 0.25) is 0 Å². The van der Waals surface area contributed by atoms with Crippen molar-refractivity contribution in [1.82, 2.24) is 4.98 Å². The number of nitrogens with two attached hydrogens (primary N) is 1. The molecule has 1 aliphatic rings. The zero-order valence-electron chi connectivity index (χ0n) is 9.15. The first-order valence-electron chi connectivity index (χ1n) is 5.67. The van der Waals surface area contributed by atoms with Gasteiger partial charge in [0.1, 0.15) is 0 Å². The van der Waals surface area contributed by atoms with Gasteiger partial charge in [-0.15, -0.1) is 0 Å². The highest BCUT2D eigenvalue weighted by atomic mass is 16.4. The summed E-state index contributed by atoms with van der Waals surface area (Å²) in [6.07, 6.45) is 7.20. The Morgan fingerprint density at radius 3 is 2.69 bits per heavy atom. The Bertz CT molecular complexity index is 398. The summed E-state index contributed by atoms with van der Waals surface area (Å²) < 4.78 is 0. The van der Waals surface area contributed by atoms with Crippen molar-refractivity contribution in [3.05, 3.63) is 23.5 Å². The molecule has 0 atom stereocenters. The summed E-state index contributed by atoms with van der Waals surface area (Å²) in [5.41, 5.74) is 6.96. The summed E-state index contributed by atoms with van der Waals surface area (Å²) in [6, 6.07) is 1.51. The van der Waals surface area contributed by atoms with Crippen LogP contribution in [0.15, 0.2) is 12.3 Å². The van der Waals surface area contributed by atoms with E-state index in [-0.39, 0.29) is 5.56 Å². The molecular formula is C12H16N2O2. The molecular weight excluding hydrogens is 204 g/mol. The molecule has 1 saturated carbocycles. The molecule has 1 heterocycles. The van der Waals surface area contributed by atoms with Crippen molar-refractivity contribution in [2.45, 2.75) is 38.0 Å². The zero-order valence-corrected chi connectivity index (χ0v) is 9.15. The fourth-order valence-corrected chi connectivity index (χ4v) is 2.36. The number of nitrogen functional groups attached to an aromatic ring is 1. The molecule has 0 radical (unpaired) electrons. The predicted molar refractivity (Wildman–Crippen MR) is 61.4 cm³/mol. The molecule has 1 fully saturated rings. The standard InChI is InChI=1S/C12H16N2O2/c13-9-6-10(12(15)16)11(14-7-9)8-4-2-1-3-5-8/h6-8H,1-5,13H2,(H,15,16). The van der Waals surface area contributed by atoms with Gasteiger partial charge in [0.2, 0.25) is 0 Å². The van der Waals surface area contributed by atoms with Gasteiger partial charge < -0.3 is 10.8 Å². The minimum atomic E-state index is -0.930. The SMILES string of the molecule is Nc1cnc(C2CCCCC2)c(C(=O)O)c1. The maximum absolute atomic E-state index is 11.1. The Hall–Kier alpha value is -1.58. The Kier molecular flexibility index (Phi) is 3.08. The van der Waals surface area contributed by atoms with Gasteiger partial charge in [0, 0.05) is 5.92 Å². The largest absolute Gasteiger partial charge is 0.478 e. The van der Waals surface area contributed by atoms with Crippen LogP contribution in [0.4, 0.5) is 5.69 Å². The van der Waals surface area contributed by atoms with Crippen LogP contribution >= 0.6 is 0 Å². The van der Waals surface area contributed by atoms with Crippen molar-refractivity contribution in [2.24, 2.45) is 0 Å². The van der Waals surface area contributed by atoms with Crippen molar-refractivity contribution in [3.63, 3.8) is 0 Å².